The first-order valence-corrected chi connectivity index (χ1v) is 10.3. The number of halogens is 2. The molecule has 4 nitrogen and oxygen atoms in total. The van der Waals surface area contributed by atoms with Crippen molar-refractivity contribution in [3.8, 4) is 0 Å². The number of carbonyl (C=O) groups excluding carboxylic acids is 2. The van der Waals surface area contributed by atoms with Crippen LogP contribution in [-0.2, 0) is 22.7 Å². The molecule has 0 aromatic heterocycles. The van der Waals surface area contributed by atoms with Gasteiger partial charge in [-0.15, -0.1) is 0 Å². The Hall–Kier alpha value is -2.04. The Balaban J connectivity index is 1.40. The first-order valence-electron chi connectivity index (χ1n) is 9.55. The van der Waals surface area contributed by atoms with Crippen molar-refractivity contribution in [2.45, 2.75) is 38.8 Å². The van der Waals surface area contributed by atoms with E-state index in [2.05, 4.69) is 10.6 Å². The summed E-state index contributed by atoms with van der Waals surface area (Å²) in [5.41, 5.74) is 1.96. The second kappa shape index (κ2) is 9.94. The Labute approximate surface area is 175 Å². The number of hydrogen-bond donors (Lipinski definition) is 2. The smallest absolute Gasteiger partial charge is 0.223 e. The molecule has 0 spiro atoms. The lowest BCUT2D eigenvalue weighted by Gasteiger charge is -2.27. The summed E-state index contributed by atoms with van der Waals surface area (Å²) < 4.78 is 0. The van der Waals surface area contributed by atoms with Crippen LogP contribution in [0.15, 0.2) is 48.5 Å². The summed E-state index contributed by atoms with van der Waals surface area (Å²) in [5.74, 6) is 0.0443. The molecule has 0 radical (unpaired) electrons. The zero-order valence-corrected chi connectivity index (χ0v) is 17.1. The first kappa shape index (κ1) is 20.7. The van der Waals surface area contributed by atoms with Crippen LogP contribution < -0.4 is 10.6 Å². The van der Waals surface area contributed by atoms with E-state index in [1.807, 2.05) is 48.5 Å². The molecule has 2 amide bonds. The van der Waals surface area contributed by atoms with Gasteiger partial charge in [-0.25, -0.2) is 0 Å². The Morgan fingerprint density at radius 2 is 1.14 bits per heavy atom. The van der Waals surface area contributed by atoms with Crippen molar-refractivity contribution in [1.29, 1.82) is 0 Å². The van der Waals surface area contributed by atoms with Crippen molar-refractivity contribution in [2.75, 3.05) is 0 Å². The molecule has 1 saturated carbocycles. The van der Waals surface area contributed by atoms with Gasteiger partial charge in [-0.05, 0) is 61.1 Å². The van der Waals surface area contributed by atoms with Gasteiger partial charge >= 0.3 is 0 Å². The summed E-state index contributed by atoms with van der Waals surface area (Å²) >= 11 is 11.9. The molecule has 0 atom stereocenters. The van der Waals surface area contributed by atoms with Gasteiger partial charge in [0.1, 0.15) is 0 Å². The third kappa shape index (κ3) is 5.98. The number of carbonyl (C=O) groups is 2. The molecule has 2 N–H and O–H groups in total. The molecular formula is C22H24Cl2N2O2. The maximum atomic E-state index is 12.4. The van der Waals surface area contributed by atoms with Gasteiger partial charge < -0.3 is 10.6 Å². The standard InChI is InChI=1S/C22H24Cl2N2O2/c23-19-5-1-3-15(11-19)13-25-21(27)17-7-9-18(10-8-17)22(28)26-14-16-4-2-6-20(24)12-16/h1-6,11-12,17-18H,7-10,13-14H2,(H,25,27)(H,26,28). The highest BCUT2D eigenvalue weighted by molar-refractivity contribution is 6.30. The molecule has 28 heavy (non-hydrogen) atoms. The quantitative estimate of drug-likeness (QED) is 0.711. The third-order valence-corrected chi connectivity index (χ3v) is 5.65. The summed E-state index contributed by atoms with van der Waals surface area (Å²) in [7, 11) is 0. The molecular weight excluding hydrogens is 395 g/mol. The molecule has 0 heterocycles. The number of nitrogens with one attached hydrogen (secondary N) is 2. The van der Waals surface area contributed by atoms with E-state index in [1.54, 1.807) is 0 Å². The molecule has 0 aliphatic heterocycles. The van der Waals surface area contributed by atoms with Crippen LogP contribution in [0.2, 0.25) is 10.0 Å². The van der Waals surface area contributed by atoms with Gasteiger partial charge in [-0.3, -0.25) is 9.59 Å². The largest absolute Gasteiger partial charge is 0.352 e. The van der Waals surface area contributed by atoms with E-state index in [9.17, 15) is 9.59 Å². The van der Waals surface area contributed by atoms with Gasteiger partial charge in [0.05, 0.1) is 0 Å². The number of benzene rings is 2. The van der Waals surface area contributed by atoms with Gasteiger partial charge in [0.25, 0.3) is 0 Å². The Kier molecular flexibility index (Phi) is 7.35. The summed E-state index contributed by atoms with van der Waals surface area (Å²) in [6, 6.07) is 14.9. The van der Waals surface area contributed by atoms with Crippen molar-refractivity contribution in [3.63, 3.8) is 0 Å². The fourth-order valence-corrected chi connectivity index (χ4v) is 4.00. The molecule has 0 bridgehead atoms. The Bertz CT molecular complexity index is 763. The third-order valence-electron chi connectivity index (χ3n) is 5.18. The normalized spacial score (nSPS) is 19.1. The molecule has 1 aliphatic rings. The highest BCUT2D eigenvalue weighted by atomic mass is 35.5. The molecule has 2 aromatic rings. The first-order chi connectivity index (χ1) is 13.5. The second-order valence-electron chi connectivity index (χ2n) is 7.24. The van der Waals surface area contributed by atoms with Crippen molar-refractivity contribution in [2.24, 2.45) is 11.8 Å². The average Bonchev–Trinajstić information content (AvgIpc) is 2.70. The Morgan fingerprint density at radius 3 is 1.50 bits per heavy atom. The zero-order valence-electron chi connectivity index (χ0n) is 15.6. The predicted octanol–water partition coefficient (Wildman–Crippen LogP) is 4.73. The van der Waals surface area contributed by atoms with Crippen LogP contribution in [0.3, 0.4) is 0 Å². The minimum atomic E-state index is -0.0313. The SMILES string of the molecule is O=C(NCc1cccc(Cl)c1)C1CCC(C(=O)NCc2cccc(Cl)c2)CC1. The van der Waals surface area contributed by atoms with E-state index in [-0.39, 0.29) is 23.7 Å². The van der Waals surface area contributed by atoms with Gasteiger partial charge in [0.15, 0.2) is 0 Å². The lowest BCUT2D eigenvalue weighted by atomic mass is 9.81. The summed E-state index contributed by atoms with van der Waals surface area (Å²) in [4.78, 5) is 24.8. The fraction of sp³-hybridized carbons (Fsp3) is 0.364. The highest BCUT2D eigenvalue weighted by Gasteiger charge is 2.29. The molecule has 1 aliphatic carbocycles. The van der Waals surface area contributed by atoms with Crippen molar-refractivity contribution < 1.29 is 9.59 Å². The van der Waals surface area contributed by atoms with Gasteiger partial charge in [-0.1, -0.05) is 47.5 Å². The minimum absolute atomic E-state index is 0.0313. The predicted molar refractivity (Wildman–Crippen MR) is 112 cm³/mol. The van der Waals surface area contributed by atoms with Crippen LogP contribution in [0.25, 0.3) is 0 Å². The Morgan fingerprint density at radius 1 is 0.750 bits per heavy atom. The van der Waals surface area contributed by atoms with E-state index < -0.39 is 0 Å². The van der Waals surface area contributed by atoms with E-state index >= 15 is 0 Å². The molecule has 148 valence electrons. The van der Waals surface area contributed by atoms with Crippen LogP contribution in [0.5, 0.6) is 0 Å². The molecule has 0 saturated heterocycles. The van der Waals surface area contributed by atoms with Crippen molar-refractivity contribution >= 4 is 35.0 Å². The second-order valence-corrected chi connectivity index (χ2v) is 8.12. The summed E-state index contributed by atoms with van der Waals surface area (Å²) in [6.45, 7) is 0.943. The minimum Gasteiger partial charge on any atom is -0.352 e. The number of rotatable bonds is 6. The maximum absolute atomic E-state index is 12.4. The number of amides is 2. The summed E-state index contributed by atoms with van der Waals surface area (Å²) in [6.07, 6.45) is 2.93. The zero-order chi connectivity index (χ0) is 19.9. The van der Waals surface area contributed by atoms with Crippen LogP contribution in [-0.4, -0.2) is 11.8 Å². The van der Waals surface area contributed by atoms with Crippen LogP contribution >= 0.6 is 23.2 Å². The molecule has 6 heteroatoms. The van der Waals surface area contributed by atoms with E-state index in [4.69, 9.17) is 23.2 Å². The van der Waals surface area contributed by atoms with Gasteiger partial charge in [0, 0.05) is 35.0 Å². The lowest BCUT2D eigenvalue weighted by Crippen LogP contribution is -2.37. The van der Waals surface area contributed by atoms with E-state index in [1.165, 1.54) is 0 Å². The van der Waals surface area contributed by atoms with Crippen LogP contribution in [0.1, 0.15) is 36.8 Å². The van der Waals surface area contributed by atoms with Gasteiger partial charge in [-0.2, -0.15) is 0 Å². The van der Waals surface area contributed by atoms with E-state index in [0.29, 0.717) is 23.1 Å². The average molecular weight is 419 g/mol. The van der Waals surface area contributed by atoms with Crippen molar-refractivity contribution in [1.82, 2.24) is 10.6 Å². The van der Waals surface area contributed by atoms with Crippen LogP contribution in [0, 0.1) is 11.8 Å². The molecule has 3 rings (SSSR count). The van der Waals surface area contributed by atoms with Crippen LogP contribution in [0.4, 0.5) is 0 Å². The van der Waals surface area contributed by atoms with Gasteiger partial charge in [0.2, 0.25) is 11.8 Å². The highest BCUT2D eigenvalue weighted by Crippen LogP contribution is 2.29. The van der Waals surface area contributed by atoms with E-state index in [0.717, 1.165) is 36.8 Å². The molecule has 1 fully saturated rings. The monoisotopic (exact) mass is 418 g/mol. The fourth-order valence-electron chi connectivity index (χ4n) is 3.58. The topological polar surface area (TPSA) is 58.2 Å². The number of hydrogen-bond acceptors (Lipinski definition) is 2. The molecule has 2 aromatic carbocycles. The molecule has 0 unspecified atom stereocenters. The van der Waals surface area contributed by atoms with Crippen molar-refractivity contribution in [3.05, 3.63) is 69.7 Å². The lowest BCUT2D eigenvalue weighted by molar-refractivity contribution is -0.130. The maximum Gasteiger partial charge on any atom is 0.223 e. The summed E-state index contributed by atoms with van der Waals surface area (Å²) in [5, 5.41) is 7.29.